The molecule has 21 heavy (non-hydrogen) atoms. The molecule has 0 saturated heterocycles. The van der Waals surface area contributed by atoms with Crippen LogP contribution in [0.25, 0.3) is 6.08 Å². The number of ether oxygens (including phenoxy) is 2. The van der Waals surface area contributed by atoms with E-state index >= 15 is 0 Å². The van der Waals surface area contributed by atoms with Crippen LogP contribution in [0.5, 0.6) is 5.75 Å². The Hall–Kier alpha value is -2.10. The lowest BCUT2D eigenvalue weighted by Gasteiger charge is -2.19. The number of cyclic esters (lactones) is 1. The van der Waals surface area contributed by atoms with Gasteiger partial charge in [0.15, 0.2) is 5.70 Å². The summed E-state index contributed by atoms with van der Waals surface area (Å²) in [6.45, 7) is 0. The normalized spacial score (nSPS) is 21.3. The average molecular weight is 285 g/mol. The molecular formula is C17H19NO3. The molecule has 3 rings (SSSR count). The van der Waals surface area contributed by atoms with Crippen molar-refractivity contribution in [2.24, 2.45) is 10.9 Å². The smallest absolute Gasteiger partial charge is 0.363 e. The summed E-state index contributed by atoms with van der Waals surface area (Å²) < 4.78 is 10.5. The Labute approximate surface area is 124 Å². The van der Waals surface area contributed by atoms with Crippen molar-refractivity contribution in [1.29, 1.82) is 0 Å². The SMILES string of the molecule is COc1ccc(C=C2N=C(C3CCCCC3)OC2=O)cc1. The van der Waals surface area contributed by atoms with Crippen LogP contribution < -0.4 is 4.74 Å². The molecule has 110 valence electrons. The van der Waals surface area contributed by atoms with E-state index in [1.807, 2.05) is 24.3 Å². The third-order valence-electron chi connectivity index (χ3n) is 4.01. The maximum Gasteiger partial charge on any atom is 0.363 e. The Balaban J connectivity index is 1.78. The molecule has 0 atom stereocenters. The van der Waals surface area contributed by atoms with Gasteiger partial charge in [-0.2, -0.15) is 0 Å². The quantitative estimate of drug-likeness (QED) is 0.630. The first kappa shape index (κ1) is 13.9. The van der Waals surface area contributed by atoms with Crippen molar-refractivity contribution < 1.29 is 14.3 Å². The average Bonchev–Trinajstić information content (AvgIpc) is 2.90. The van der Waals surface area contributed by atoms with Gasteiger partial charge in [-0.25, -0.2) is 9.79 Å². The van der Waals surface area contributed by atoms with Crippen LogP contribution in [0.3, 0.4) is 0 Å². The van der Waals surface area contributed by atoms with Gasteiger partial charge in [-0.15, -0.1) is 0 Å². The number of methoxy groups -OCH3 is 1. The number of benzene rings is 1. The fraction of sp³-hybridized carbons (Fsp3) is 0.412. The number of carbonyl (C=O) groups excluding carboxylic acids is 1. The second-order valence-corrected chi connectivity index (χ2v) is 5.48. The Kier molecular flexibility index (Phi) is 4.04. The van der Waals surface area contributed by atoms with E-state index in [2.05, 4.69) is 4.99 Å². The van der Waals surface area contributed by atoms with Crippen molar-refractivity contribution in [2.75, 3.05) is 7.11 Å². The Morgan fingerprint density at radius 1 is 1.19 bits per heavy atom. The van der Waals surface area contributed by atoms with Gasteiger partial charge in [-0.3, -0.25) is 0 Å². The Morgan fingerprint density at radius 3 is 2.57 bits per heavy atom. The molecule has 4 heteroatoms. The number of hydrogen-bond donors (Lipinski definition) is 0. The van der Waals surface area contributed by atoms with Crippen molar-refractivity contribution in [3.63, 3.8) is 0 Å². The second kappa shape index (κ2) is 6.12. The molecule has 1 aliphatic heterocycles. The third kappa shape index (κ3) is 3.15. The maximum atomic E-state index is 11.9. The lowest BCUT2D eigenvalue weighted by atomic mass is 9.89. The minimum atomic E-state index is -0.341. The van der Waals surface area contributed by atoms with Crippen LogP contribution in [-0.2, 0) is 9.53 Å². The van der Waals surface area contributed by atoms with Crippen molar-refractivity contribution in [1.82, 2.24) is 0 Å². The summed E-state index contributed by atoms with van der Waals surface area (Å²) in [5.74, 6) is 1.37. The minimum Gasteiger partial charge on any atom is -0.497 e. The van der Waals surface area contributed by atoms with Gasteiger partial charge < -0.3 is 9.47 Å². The molecule has 0 unspecified atom stereocenters. The molecule has 0 spiro atoms. The standard InChI is InChI=1S/C17H19NO3/c1-20-14-9-7-12(8-10-14)11-15-17(19)21-16(18-15)13-5-3-2-4-6-13/h7-11,13H,2-6H2,1H3. The molecule has 0 N–H and O–H groups in total. The summed E-state index contributed by atoms with van der Waals surface area (Å²) in [5, 5.41) is 0. The van der Waals surface area contributed by atoms with Crippen LogP contribution in [0.4, 0.5) is 0 Å². The van der Waals surface area contributed by atoms with Crippen molar-refractivity contribution in [3.8, 4) is 5.75 Å². The van der Waals surface area contributed by atoms with Crippen LogP contribution in [0, 0.1) is 5.92 Å². The van der Waals surface area contributed by atoms with Gasteiger partial charge in [-0.05, 0) is 36.6 Å². The van der Waals surface area contributed by atoms with Crippen LogP contribution in [0.15, 0.2) is 35.0 Å². The zero-order valence-corrected chi connectivity index (χ0v) is 12.2. The zero-order chi connectivity index (χ0) is 14.7. The van der Waals surface area contributed by atoms with E-state index in [4.69, 9.17) is 9.47 Å². The van der Waals surface area contributed by atoms with Crippen molar-refractivity contribution in [3.05, 3.63) is 35.5 Å². The van der Waals surface area contributed by atoms with Gasteiger partial charge in [0, 0.05) is 5.92 Å². The molecule has 1 heterocycles. The number of hydrogen-bond acceptors (Lipinski definition) is 4. The highest BCUT2D eigenvalue weighted by molar-refractivity contribution is 6.07. The van der Waals surface area contributed by atoms with Crippen LogP contribution in [0.2, 0.25) is 0 Å². The molecule has 1 saturated carbocycles. The fourth-order valence-electron chi connectivity index (χ4n) is 2.81. The minimum absolute atomic E-state index is 0.310. The lowest BCUT2D eigenvalue weighted by molar-refractivity contribution is -0.130. The first-order valence-electron chi connectivity index (χ1n) is 7.43. The molecule has 0 amide bonds. The van der Waals surface area contributed by atoms with Crippen LogP contribution in [-0.4, -0.2) is 19.0 Å². The van der Waals surface area contributed by atoms with E-state index in [1.165, 1.54) is 19.3 Å². The maximum absolute atomic E-state index is 11.9. The predicted molar refractivity (Wildman–Crippen MR) is 81.1 cm³/mol. The second-order valence-electron chi connectivity index (χ2n) is 5.48. The number of rotatable bonds is 3. The van der Waals surface area contributed by atoms with Gasteiger partial charge in [0.2, 0.25) is 5.90 Å². The van der Waals surface area contributed by atoms with Crippen molar-refractivity contribution >= 4 is 17.9 Å². The first-order valence-corrected chi connectivity index (χ1v) is 7.43. The number of esters is 1. The van der Waals surface area contributed by atoms with Crippen LogP contribution in [0.1, 0.15) is 37.7 Å². The van der Waals surface area contributed by atoms with Gasteiger partial charge in [0.25, 0.3) is 0 Å². The predicted octanol–water partition coefficient (Wildman–Crippen LogP) is 3.57. The van der Waals surface area contributed by atoms with E-state index in [-0.39, 0.29) is 5.97 Å². The largest absolute Gasteiger partial charge is 0.497 e. The van der Waals surface area contributed by atoms with Gasteiger partial charge in [0.1, 0.15) is 5.75 Å². The molecule has 0 aromatic heterocycles. The monoisotopic (exact) mass is 285 g/mol. The summed E-state index contributed by atoms with van der Waals surface area (Å²) in [4.78, 5) is 16.3. The molecule has 0 bridgehead atoms. The molecule has 2 aliphatic rings. The Morgan fingerprint density at radius 2 is 1.90 bits per heavy atom. The highest BCUT2D eigenvalue weighted by Gasteiger charge is 2.29. The molecule has 1 fully saturated rings. The topological polar surface area (TPSA) is 47.9 Å². The number of nitrogens with zero attached hydrogens (tertiary/aromatic N) is 1. The molecule has 0 radical (unpaired) electrons. The summed E-state index contributed by atoms with van der Waals surface area (Å²) >= 11 is 0. The molecule has 1 aromatic rings. The van der Waals surface area contributed by atoms with Crippen LogP contribution >= 0.6 is 0 Å². The highest BCUT2D eigenvalue weighted by Crippen LogP contribution is 2.29. The molecular weight excluding hydrogens is 266 g/mol. The van der Waals surface area contributed by atoms with E-state index < -0.39 is 0 Å². The summed E-state index contributed by atoms with van der Waals surface area (Å²) in [5.41, 5.74) is 1.30. The first-order chi connectivity index (χ1) is 10.3. The third-order valence-corrected chi connectivity index (χ3v) is 4.01. The highest BCUT2D eigenvalue weighted by atomic mass is 16.6. The summed E-state index contributed by atoms with van der Waals surface area (Å²) in [7, 11) is 1.63. The Bertz CT molecular complexity index is 581. The molecule has 1 aliphatic carbocycles. The van der Waals surface area contributed by atoms with Gasteiger partial charge >= 0.3 is 5.97 Å². The van der Waals surface area contributed by atoms with E-state index in [0.717, 1.165) is 24.2 Å². The number of aliphatic imine (C=N–C) groups is 1. The van der Waals surface area contributed by atoms with Gasteiger partial charge in [-0.1, -0.05) is 31.4 Å². The zero-order valence-electron chi connectivity index (χ0n) is 12.2. The molecule has 4 nitrogen and oxygen atoms in total. The van der Waals surface area contributed by atoms with E-state index in [9.17, 15) is 4.79 Å². The number of carbonyl (C=O) groups is 1. The van der Waals surface area contributed by atoms with Gasteiger partial charge in [0.05, 0.1) is 7.11 Å². The summed E-state index contributed by atoms with van der Waals surface area (Å²) in [6.07, 6.45) is 7.56. The van der Waals surface area contributed by atoms with E-state index in [0.29, 0.717) is 17.5 Å². The fourth-order valence-corrected chi connectivity index (χ4v) is 2.81. The molecule has 1 aromatic carbocycles. The summed E-state index contributed by atoms with van der Waals surface area (Å²) in [6, 6.07) is 7.51. The lowest BCUT2D eigenvalue weighted by Crippen LogP contribution is -2.19. The van der Waals surface area contributed by atoms with E-state index in [1.54, 1.807) is 13.2 Å². The van der Waals surface area contributed by atoms with Crippen molar-refractivity contribution in [2.45, 2.75) is 32.1 Å².